The second-order valence-electron chi connectivity index (χ2n) is 4.65. The zero-order valence-corrected chi connectivity index (χ0v) is 11.3. The summed E-state index contributed by atoms with van der Waals surface area (Å²) in [6, 6.07) is 15.5. The molecule has 0 fully saturated rings. The van der Waals surface area contributed by atoms with Crippen LogP contribution in [0.25, 0.3) is 22.1 Å². The van der Waals surface area contributed by atoms with Gasteiger partial charge >= 0.3 is 0 Å². The quantitative estimate of drug-likeness (QED) is 0.663. The van der Waals surface area contributed by atoms with Crippen LogP contribution in [0.15, 0.2) is 52.9 Å². The van der Waals surface area contributed by atoms with Crippen LogP contribution >= 0.6 is 0 Å². The lowest BCUT2D eigenvalue weighted by Gasteiger charge is -2.03. The first kappa shape index (κ1) is 12.5. The van der Waals surface area contributed by atoms with Crippen LogP contribution in [0.2, 0.25) is 0 Å². The first-order valence-electron chi connectivity index (χ1n) is 6.36. The minimum absolute atomic E-state index is 0.0628. The molecule has 1 aromatic heterocycles. The Bertz CT molecular complexity index is 767. The molecule has 0 N–H and O–H groups in total. The predicted octanol–water partition coefficient (Wildman–Crippen LogP) is 4.31. The van der Waals surface area contributed by atoms with E-state index in [1.165, 1.54) is 6.92 Å². The van der Waals surface area contributed by atoms with Crippen molar-refractivity contribution in [1.82, 2.24) is 0 Å². The van der Waals surface area contributed by atoms with Gasteiger partial charge in [-0.15, -0.1) is 0 Å². The fourth-order valence-corrected chi connectivity index (χ4v) is 2.18. The lowest BCUT2D eigenvalue weighted by atomic mass is 10.0. The normalized spacial score (nSPS) is 10.7. The molecule has 20 heavy (non-hydrogen) atoms. The number of fused-ring (bicyclic) bond motifs is 1. The summed E-state index contributed by atoms with van der Waals surface area (Å²) in [7, 11) is 1.65. The van der Waals surface area contributed by atoms with Gasteiger partial charge in [0.2, 0.25) is 0 Å². The molecular formula is C17H14O3. The molecule has 0 aliphatic carbocycles. The zero-order valence-electron chi connectivity index (χ0n) is 11.3. The number of hydrogen-bond donors (Lipinski definition) is 0. The highest BCUT2D eigenvalue weighted by Crippen LogP contribution is 2.28. The lowest BCUT2D eigenvalue weighted by molar-refractivity contribution is 0.0989. The maximum Gasteiger partial charge on any atom is 0.194 e. The summed E-state index contributed by atoms with van der Waals surface area (Å²) in [5.74, 6) is 1.16. The number of benzene rings is 2. The van der Waals surface area contributed by atoms with Crippen molar-refractivity contribution in [2.24, 2.45) is 0 Å². The van der Waals surface area contributed by atoms with Gasteiger partial charge in [0, 0.05) is 12.3 Å². The molecule has 0 aliphatic heterocycles. The number of Topliss-reactive ketones (excluding diaryl/α,β-unsaturated/α-hetero) is 1. The zero-order chi connectivity index (χ0) is 14.1. The highest BCUT2D eigenvalue weighted by atomic mass is 16.5. The SMILES string of the molecule is COc1ccc(-c2ccc3oc(C(C)=O)cc3c2)cc1. The van der Waals surface area contributed by atoms with E-state index in [0.717, 1.165) is 27.8 Å². The van der Waals surface area contributed by atoms with Crippen LogP contribution in [0.5, 0.6) is 5.75 Å². The Morgan fingerprint density at radius 3 is 2.35 bits per heavy atom. The summed E-state index contributed by atoms with van der Waals surface area (Å²) in [5, 5.41) is 0.934. The Morgan fingerprint density at radius 2 is 1.70 bits per heavy atom. The number of hydrogen-bond acceptors (Lipinski definition) is 3. The molecule has 0 saturated heterocycles. The van der Waals surface area contributed by atoms with Crippen LogP contribution in [0.1, 0.15) is 17.5 Å². The van der Waals surface area contributed by atoms with Gasteiger partial charge in [0.05, 0.1) is 7.11 Å². The molecule has 0 bridgehead atoms. The Morgan fingerprint density at radius 1 is 1.00 bits per heavy atom. The van der Waals surface area contributed by atoms with Crippen LogP contribution < -0.4 is 4.74 Å². The van der Waals surface area contributed by atoms with Crippen molar-refractivity contribution >= 4 is 16.8 Å². The Balaban J connectivity index is 2.04. The molecule has 3 nitrogen and oxygen atoms in total. The first-order chi connectivity index (χ1) is 9.67. The van der Waals surface area contributed by atoms with Crippen LogP contribution in [0, 0.1) is 0 Å². The average molecular weight is 266 g/mol. The van der Waals surface area contributed by atoms with Gasteiger partial charge in [-0.05, 0) is 41.5 Å². The number of ketones is 1. The largest absolute Gasteiger partial charge is 0.497 e. The molecule has 0 spiro atoms. The summed E-state index contributed by atoms with van der Waals surface area (Å²) in [4.78, 5) is 11.3. The van der Waals surface area contributed by atoms with E-state index in [-0.39, 0.29) is 5.78 Å². The maximum atomic E-state index is 11.3. The third-order valence-electron chi connectivity index (χ3n) is 3.29. The van der Waals surface area contributed by atoms with Gasteiger partial charge in [-0.1, -0.05) is 18.2 Å². The molecule has 0 radical (unpaired) electrons. The highest BCUT2D eigenvalue weighted by molar-refractivity contribution is 5.96. The molecule has 100 valence electrons. The number of furan rings is 1. The Labute approximate surface area is 116 Å². The first-order valence-corrected chi connectivity index (χ1v) is 6.36. The van der Waals surface area contributed by atoms with E-state index in [0.29, 0.717) is 5.76 Å². The number of methoxy groups -OCH3 is 1. The molecule has 3 rings (SSSR count). The number of carbonyl (C=O) groups is 1. The second-order valence-corrected chi connectivity index (χ2v) is 4.65. The fourth-order valence-electron chi connectivity index (χ4n) is 2.18. The molecule has 0 saturated carbocycles. The third kappa shape index (κ3) is 2.18. The van der Waals surface area contributed by atoms with E-state index in [2.05, 4.69) is 0 Å². The molecule has 2 aromatic carbocycles. The van der Waals surface area contributed by atoms with Crippen LogP contribution in [0.4, 0.5) is 0 Å². The van der Waals surface area contributed by atoms with Crippen molar-refractivity contribution in [3.8, 4) is 16.9 Å². The molecule has 3 heteroatoms. The van der Waals surface area contributed by atoms with Gasteiger partial charge in [0.25, 0.3) is 0 Å². The van der Waals surface area contributed by atoms with E-state index < -0.39 is 0 Å². The van der Waals surface area contributed by atoms with Crippen molar-refractivity contribution in [3.63, 3.8) is 0 Å². The number of carbonyl (C=O) groups excluding carboxylic acids is 1. The van der Waals surface area contributed by atoms with Gasteiger partial charge in [0.1, 0.15) is 11.3 Å². The molecule has 1 heterocycles. The van der Waals surface area contributed by atoms with Crippen molar-refractivity contribution in [3.05, 3.63) is 54.3 Å². The molecule has 0 aliphatic rings. The van der Waals surface area contributed by atoms with Crippen molar-refractivity contribution in [2.45, 2.75) is 6.92 Å². The minimum Gasteiger partial charge on any atom is -0.497 e. The Kier molecular flexibility index (Phi) is 3.03. The van der Waals surface area contributed by atoms with Crippen molar-refractivity contribution < 1.29 is 13.9 Å². The van der Waals surface area contributed by atoms with Gasteiger partial charge in [-0.2, -0.15) is 0 Å². The van der Waals surface area contributed by atoms with Crippen LogP contribution in [-0.4, -0.2) is 12.9 Å². The van der Waals surface area contributed by atoms with Gasteiger partial charge in [-0.3, -0.25) is 4.79 Å². The number of ether oxygens (including phenoxy) is 1. The van der Waals surface area contributed by atoms with Crippen molar-refractivity contribution in [2.75, 3.05) is 7.11 Å². The van der Waals surface area contributed by atoms with Crippen molar-refractivity contribution in [1.29, 1.82) is 0 Å². The summed E-state index contributed by atoms with van der Waals surface area (Å²) in [6.45, 7) is 1.50. The van der Waals surface area contributed by atoms with Crippen LogP contribution in [-0.2, 0) is 0 Å². The Hall–Kier alpha value is -2.55. The van der Waals surface area contributed by atoms with Gasteiger partial charge in [0.15, 0.2) is 11.5 Å². The summed E-state index contributed by atoms with van der Waals surface area (Å²) in [5.41, 5.74) is 2.90. The van der Waals surface area contributed by atoms with E-state index in [9.17, 15) is 4.79 Å². The van der Waals surface area contributed by atoms with Gasteiger partial charge < -0.3 is 9.15 Å². The van der Waals surface area contributed by atoms with E-state index in [4.69, 9.17) is 9.15 Å². The second kappa shape index (κ2) is 4.85. The highest BCUT2D eigenvalue weighted by Gasteiger charge is 2.08. The summed E-state index contributed by atoms with van der Waals surface area (Å²) < 4.78 is 10.6. The summed E-state index contributed by atoms with van der Waals surface area (Å²) >= 11 is 0. The van der Waals surface area contributed by atoms with E-state index in [1.54, 1.807) is 13.2 Å². The molecular weight excluding hydrogens is 252 g/mol. The van der Waals surface area contributed by atoms with Crippen LogP contribution in [0.3, 0.4) is 0 Å². The predicted molar refractivity (Wildman–Crippen MR) is 78.2 cm³/mol. The van der Waals surface area contributed by atoms with Gasteiger partial charge in [-0.25, -0.2) is 0 Å². The molecule has 0 unspecified atom stereocenters. The monoisotopic (exact) mass is 266 g/mol. The molecule has 3 aromatic rings. The lowest BCUT2D eigenvalue weighted by Crippen LogP contribution is -1.85. The van der Waals surface area contributed by atoms with E-state index >= 15 is 0 Å². The van der Waals surface area contributed by atoms with E-state index in [1.807, 2.05) is 42.5 Å². The average Bonchev–Trinajstić information content (AvgIpc) is 2.90. The third-order valence-corrected chi connectivity index (χ3v) is 3.29. The summed E-state index contributed by atoms with van der Waals surface area (Å²) in [6.07, 6.45) is 0. The number of rotatable bonds is 3. The molecule has 0 atom stereocenters. The topological polar surface area (TPSA) is 39.4 Å². The maximum absolute atomic E-state index is 11.3. The smallest absolute Gasteiger partial charge is 0.194 e. The minimum atomic E-state index is -0.0628. The fraction of sp³-hybridized carbons (Fsp3) is 0.118. The molecule has 0 amide bonds. The standard InChI is InChI=1S/C17H14O3/c1-11(18)17-10-14-9-13(5-8-16(14)20-17)12-3-6-15(19-2)7-4-12/h3-10H,1-2H3.